The lowest BCUT2D eigenvalue weighted by Gasteiger charge is -2.17. The van der Waals surface area contributed by atoms with E-state index < -0.39 is 6.10 Å². The van der Waals surface area contributed by atoms with Crippen LogP contribution in [0.1, 0.15) is 35.6 Å². The van der Waals surface area contributed by atoms with Gasteiger partial charge in [-0.2, -0.15) is 5.26 Å². The quantitative estimate of drug-likeness (QED) is 0.676. The average Bonchev–Trinajstić information content (AvgIpc) is 2.40. The summed E-state index contributed by atoms with van der Waals surface area (Å²) in [6, 6.07) is 7.35. The van der Waals surface area contributed by atoms with Gasteiger partial charge in [0, 0.05) is 6.04 Å². The molecule has 0 spiro atoms. The molecule has 0 amide bonds. The SMILES string of the molecule is Cl.N#Cc1ccc2c(c1)C(O)C(N)CCC2. The van der Waals surface area contributed by atoms with Gasteiger partial charge in [-0.25, -0.2) is 0 Å². The van der Waals surface area contributed by atoms with Crippen LogP contribution in [0.5, 0.6) is 0 Å². The summed E-state index contributed by atoms with van der Waals surface area (Å²) in [5, 5.41) is 18.8. The van der Waals surface area contributed by atoms with E-state index in [4.69, 9.17) is 11.0 Å². The van der Waals surface area contributed by atoms with E-state index in [-0.39, 0.29) is 18.4 Å². The summed E-state index contributed by atoms with van der Waals surface area (Å²) in [5.74, 6) is 0. The first kappa shape index (κ1) is 13.0. The number of fused-ring (bicyclic) bond motifs is 1. The third-order valence-electron chi connectivity index (χ3n) is 2.98. The molecule has 0 saturated carbocycles. The summed E-state index contributed by atoms with van der Waals surface area (Å²) in [4.78, 5) is 0. The highest BCUT2D eigenvalue weighted by molar-refractivity contribution is 5.85. The molecule has 0 fully saturated rings. The van der Waals surface area contributed by atoms with E-state index in [0.717, 1.165) is 30.4 Å². The van der Waals surface area contributed by atoms with Crippen molar-refractivity contribution < 1.29 is 5.11 Å². The molecule has 3 nitrogen and oxygen atoms in total. The first-order valence-corrected chi connectivity index (χ1v) is 5.19. The van der Waals surface area contributed by atoms with Gasteiger partial charge >= 0.3 is 0 Å². The Labute approximate surface area is 101 Å². The second-order valence-electron chi connectivity index (χ2n) is 4.03. The van der Waals surface area contributed by atoms with Crippen LogP contribution in [0.4, 0.5) is 0 Å². The van der Waals surface area contributed by atoms with Crippen LogP contribution in [-0.2, 0) is 6.42 Å². The number of nitrogens with zero attached hydrogens (tertiary/aromatic N) is 1. The van der Waals surface area contributed by atoms with E-state index in [2.05, 4.69) is 6.07 Å². The lowest BCUT2D eigenvalue weighted by Crippen LogP contribution is -2.27. The molecule has 0 saturated heterocycles. The van der Waals surface area contributed by atoms with Crippen molar-refractivity contribution in [3.05, 3.63) is 34.9 Å². The van der Waals surface area contributed by atoms with E-state index in [1.54, 1.807) is 12.1 Å². The number of hydrogen-bond donors (Lipinski definition) is 2. The maximum atomic E-state index is 10.00. The third-order valence-corrected chi connectivity index (χ3v) is 2.98. The summed E-state index contributed by atoms with van der Waals surface area (Å²) in [5.41, 5.74) is 8.39. The molecular weight excluding hydrogens is 224 g/mol. The third kappa shape index (κ3) is 2.35. The molecule has 0 aliphatic heterocycles. The van der Waals surface area contributed by atoms with Crippen molar-refractivity contribution in [2.75, 3.05) is 0 Å². The predicted molar refractivity (Wildman–Crippen MR) is 64.3 cm³/mol. The van der Waals surface area contributed by atoms with Gasteiger partial charge in [0.15, 0.2) is 0 Å². The number of benzene rings is 1. The number of rotatable bonds is 0. The molecule has 16 heavy (non-hydrogen) atoms. The molecular formula is C12H15ClN2O. The predicted octanol–water partition coefficient (Wildman–Crippen LogP) is 1.68. The second-order valence-corrected chi connectivity index (χ2v) is 4.03. The first-order chi connectivity index (χ1) is 7.22. The lowest BCUT2D eigenvalue weighted by atomic mass is 9.97. The Balaban J connectivity index is 0.00000128. The van der Waals surface area contributed by atoms with E-state index in [1.807, 2.05) is 6.07 Å². The smallest absolute Gasteiger partial charge is 0.0991 e. The van der Waals surface area contributed by atoms with Crippen LogP contribution >= 0.6 is 12.4 Å². The van der Waals surface area contributed by atoms with E-state index in [0.29, 0.717) is 5.56 Å². The zero-order valence-corrected chi connectivity index (χ0v) is 9.70. The van der Waals surface area contributed by atoms with Gasteiger partial charge in [0.05, 0.1) is 17.7 Å². The van der Waals surface area contributed by atoms with Gasteiger partial charge in [-0.3, -0.25) is 0 Å². The van der Waals surface area contributed by atoms with Crippen molar-refractivity contribution >= 4 is 12.4 Å². The molecule has 1 aliphatic rings. The molecule has 1 aromatic rings. The molecule has 2 rings (SSSR count). The molecule has 3 N–H and O–H groups in total. The Hall–Kier alpha value is -1.08. The highest BCUT2D eigenvalue weighted by Gasteiger charge is 2.23. The minimum absolute atomic E-state index is 0. The fraction of sp³-hybridized carbons (Fsp3) is 0.417. The number of aliphatic hydroxyl groups is 1. The number of hydrogen-bond acceptors (Lipinski definition) is 3. The maximum Gasteiger partial charge on any atom is 0.0991 e. The highest BCUT2D eigenvalue weighted by Crippen LogP contribution is 2.28. The molecule has 2 atom stereocenters. The number of nitrogens with two attached hydrogens (primary N) is 1. The minimum Gasteiger partial charge on any atom is -0.387 e. The molecule has 0 aromatic heterocycles. The number of nitriles is 1. The van der Waals surface area contributed by atoms with Gasteiger partial charge in [-0.1, -0.05) is 6.07 Å². The van der Waals surface area contributed by atoms with Crippen LogP contribution in [0.2, 0.25) is 0 Å². The van der Waals surface area contributed by atoms with Crippen molar-refractivity contribution in [1.82, 2.24) is 0 Å². The van der Waals surface area contributed by atoms with Gasteiger partial charge in [-0.05, 0) is 42.5 Å². The fourth-order valence-electron chi connectivity index (χ4n) is 2.08. The Morgan fingerprint density at radius 1 is 1.44 bits per heavy atom. The molecule has 86 valence electrons. The summed E-state index contributed by atoms with van der Waals surface area (Å²) >= 11 is 0. The van der Waals surface area contributed by atoms with Crippen molar-refractivity contribution in [1.29, 1.82) is 5.26 Å². The minimum atomic E-state index is -0.629. The molecule has 4 heteroatoms. The van der Waals surface area contributed by atoms with E-state index in [1.165, 1.54) is 0 Å². The summed E-state index contributed by atoms with van der Waals surface area (Å²) in [6.45, 7) is 0. The normalized spacial score (nSPS) is 23.6. The molecule has 1 aromatic carbocycles. The van der Waals surface area contributed by atoms with Gasteiger partial charge in [-0.15, -0.1) is 12.4 Å². The monoisotopic (exact) mass is 238 g/mol. The number of halogens is 1. The molecule has 0 bridgehead atoms. The van der Waals surface area contributed by atoms with Gasteiger partial charge in [0.1, 0.15) is 0 Å². The molecule has 2 unspecified atom stereocenters. The van der Waals surface area contributed by atoms with Crippen LogP contribution in [0.25, 0.3) is 0 Å². The summed E-state index contributed by atoms with van der Waals surface area (Å²) in [7, 11) is 0. The van der Waals surface area contributed by atoms with Crippen LogP contribution in [-0.4, -0.2) is 11.1 Å². The van der Waals surface area contributed by atoms with Crippen LogP contribution < -0.4 is 5.73 Å². The van der Waals surface area contributed by atoms with Crippen LogP contribution in [0, 0.1) is 11.3 Å². The summed E-state index contributed by atoms with van der Waals surface area (Å²) < 4.78 is 0. The molecule has 1 aliphatic carbocycles. The van der Waals surface area contributed by atoms with Crippen LogP contribution in [0.3, 0.4) is 0 Å². The standard InChI is InChI=1S/C12H14N2O.ClH/c13-7-8-4-5-9-2-1-3-11(14)12(15)10(9)6-8;/h4-6,11-12,15H,1-3,14H2;1H. The Kier molecular flexibility index (Phi) is 4.31. The van der Waals surface area contributed by atoms with E-state index >= 15 is 0 Å². The Morgan fingerprint density at radius 2 is 2.19 bits per heavy atom. The van der Waals surface area contributed by atoms with Crippen molar-refractivity contribution in [3.63, 3.8) is 0 Å². The van der Waals surface area contributed by atoms with Crippen LogP contribution in [0.15, 0.2) is 18.2 Å². The van der Waals surface area contributed by atoms with Gasteiger partial charge in [0.2, 0.25) is 0 Å². The van der Waals surface area contributed by atoms with Crippen molar-refractivity contribution in [2.24, 2.45) is 5.73 Å². The summed E-state index contributed by atoms with van der Waals surface area (Å²) in [6.07, 6.45) is 2.14. The van der Waals surface area contributed by atoms with Gasteiger partial charge in [0.25, 0.3) is 0 Å². The zero-order chi connectivity index (χ0) is 10.8. The topological polar surface area (TPSA) is 70.0 Å². The number of aryl methyl sites for hydroxylation is 1. The van der Waals surface area contributed by atoms with E-state index in [9.17, 15) is 5.11 Å². The highest BCUT2D eigenvalue weighted by atomic mass is 35.5. The second kappa shape index (κ2) is 5.31. The Bertz CT molecular complexity index is 414. The zero-order valence-electron chi connectivity index (χ0n) is 8.89. The molecule has 0 radical (unpaired) electrons. The number of aliphatic hydroxyl groups excluding tert-OH is 1. The molecule has 0 heterocycles. The van der Waals surface area contributed by atoms with Crippen molar-refractivity contribution in [3.8, 4) is 6.07 Å². The first-order valence-electron chi connectivity index (χ1n) is 5.19. The average molecular weight is 239 g/mol. The maximum absolute atomic E-state index is 10.00. The van der Waals surface area contributed by atoms with Gasteiger partial charge < -0.3 is 10.8 Å². The van der Waals surface area contributed by atoms with Crippen molar-refractivity contribution in [2.45, 2.75) is 31.4 Å². The Morgan fingerprint density at radius 3 is 2.88 bits per heavy atom. The fourth-order valence-corrected chi connectivity index (χ4v) is 2.08. The largest absolute Gasteiger partial charge is 0.387 e. The lowest BCUT2D eigenvalue weighted by molar-refractivity contribution is 0.144.